The summed E-state index contributed by atoms with van der Waals surface area (Å²) < 4.78 is 2.25. The molecule has 1 aliphatic carbocycles. The number of nitrogens with zero attached hydrogens (tertiary/aromatic N) is 2. The normalized spacial score (nSPS) is 19.7. The quantitative estimate of drug-likeness (QED) is 0.870. The van der Waals surface area contributed by atoms with E-state index in [1.165, 1.54) is 49.8 Å². The van der Waals surface area contributed by atoms with Gasteiger partial charge in [-0.05, 0) is 57.9 Å². The number of hydrogen-bond donors (Lipinski definition) is 2. The summed E-state index contributed by atoms with van der Waals surface area (Å²) in [6.07, 6.45) is 11.0. The zero-order valence-electron chi connectivity index (χ0n) is 16.4. The van der Waals surface area contributed by atoms with Crippen LogP contribution in [0.1, 0.15) is 80.7 Å². The first-order chi connectivity index (χ1) is 12.6. The van der Waals surface area contributed by atoms with E-state index in [1.807, 2.05) is 6.92 Å². The summed E-state index contributed by atoms with van der Waals surface area (Å²) in [6, 6.07) is 2.75. The van der Waals surface area contributed by atoms with Crippen molar-refractivity contribution in [2.24, 2.45) is 0 Å². The van der Waals surface area contributed by atoms with Gasteiger partial charge in [-0.3, -0.25) is 4.79 Å². The lowest BCUT2D eigenvalue weighted by Gasteiger charge is -2.27. The number of carbonyl (C=O) groups is 1. The molecule has 1 saturated carbocycles. The van der Waals surface area contributed by atoms with E-state index in [1.54, 1.807) is 0 Å². The van der Waals surface area contributed by atoms with Crippen LogP contribution in [0.2, 0.25) is 0 Å². The Labute approximate surface area is 157 Å². The van der Waals surface area contributed by atoms with Crippen LogP contribution in [0.25, 0.3) is 0 Å². The van der Waals surface area contributed by atoms with Crippen LogP contribution in [0.5, 0.6) is 0 Å². The summed E-state index contributed by atoms with van der Waals surface area (Å²) >= 11 is 0. The maximum atomic E-state index is 12.8. The molecule has 2 aliphatic rings. The molecule has 1 saturated heterocycles. The van der Waals surface area contributed by atoms with E-state index in [4.69, 9.17) is 0 Å². The zero-order valence-corrected chi connectivity index (χ0v) is 16.4. The number of anilines is 1. The summed E-state index contributed by atoms with van der Waals surface area (Å²) in [5.74, 6) is 0.793. The van der Waals surface area contributed by atoms with Crippen LogP contribution in [0.4, 0.5) is 5.82 Å². The highest BCUT2D eigenvalue weighted by Gasteiger charge is 2.26. The monoisotopic (exact) mass is 357 g/mol. The number of nitriles is 1. The number of hydrogen-bond acceptors (Lipinski definition) is 2. The predicted octanol–water partition coefficient (Wildman–Crippen LogP) is 2.88. The van der Waals surface area contributed by atoms with Crippen LogP contribution in [0, 0.1) is 25.2 Å². The largest absolute Gasteiger partial charge is 0.327 e. The van der Waals surface area contributed by atoms with E-state index in [0.29, 0.717) is 18.2 Å². The average Bonchev–Trinajstić information content (AvgIpc) is 2.81. The molecular weight excluding hydrogens is 324 g/mol. The zero-order chi connectivity index (χ0) is 18.5. The first-order valence-corrected chi connectivity index (χ1v) is 10.4. The van der Waals surface area contributed by atoms with Crippen LogP contribution in [0.3, 0.4) is 0 Å². The Morgan fingerprint density at radius 3 is 2.35 bits per heavy atom. The fourth-order valence-corrected chi connectivity index (χ4v) is 4.69. The third kappa shape index (κ3) is 4.12. The van der Waals surface area contributed by atoms with Gasteiger partial charge in [-0.2, -0.15) is 5.26 Å². The van der Waals surface area contributed by atoms with Crippen LogP contribution in [-0.2, 0) is 4.79 Å². The van der Waals surface area contributed by atoms with Gasteiger partial charge in [0.05, 0.1) is 18.7 Å². The van der Waals surface area contributed by atoms with Crippen molar-refractivity contribution in [2.75, 3.05) is 25.0 Å². The second kappa shape index (κ2) is 8.73. The van der Waals surface area contributed by atoms with Gasteiger partial charge in [0.25, 0.3) is 5.91 Å². The second-order valence-electron chi connectivity index (χ2n) is 8.10. The Morgan fingerprint density at radius 2 is 1.73 bits per heavy atom. The smallest absolute Gasteiger partial charge is 0.280 e. The van der Waals surface area contributed by atoms with Gasteiger partial charge in [0, 0.05) is 11.7 Å². The molecule has 2 heterocycles. The molecule has 26 heavy (non-hydrogen) atoms. The van der Waals surface area contributed by atoms with Crippen molar-refractivity contribution >= 4 is 11.7 Å². The highest BCUT2D eigenvalue weighted by molar-refractivity contribution is 5.92. The number of likely N-dealkylation sites (tertiary alicyclic amines) is 1. The SMILES string of the molecule is Cc1c(C#N)c(NC(=O)C[NH+]2CCCCCC2)n(C2CCCCC2)c1C. The number of carbonyl (C=O) groups excluding carboxylic acids is 1. The second-order valence-corrected chi connectivity index (χ2v) is 8.10. The number of nitrogens with one attached hydrogen (secondary N) is 2. The first kappa shape index (κ1) is 19.0. The number of aromatic nitrogens is 1. The Kier molecular flexibility index (Phi) is 6.37. The lowest BCUT2D eigenvalue weighted by Crippen LogP contribution is -3.12. The molecule has 1 aromatic rings. The minimum absolute atomic E-state index is 0.0490. The van der Waals surface area contributed by atoms with Crippen LogP contribution in [-0.4, -0.2) is 30.1 Å². The topological polar surface area (TPSA) is 62.3 Å². The number of rotatable bonds is 4. The minimum Gasteiger partial charge on any atom is -0.327 e. The molecule has 0 radical (unpaired) electrons. The fourth-order valence-electron chi connectivity index (χ4n) is 4.69. The van der Waals surface area contributed by atoms with E-state index in [9.17, 15) is 10.1 Å². The lowest BCUT2D eigenvalue weighted by molar-refractivity contribution is -0.891. The van der Waals surface area contributed by atoms with Gasteiger partial charge in [0.1, 0.15) is 11.9 Å². The number of quaternary nitrogens is 1. The maximum Gasteiger partial charge on any atom is 0.280 e. The molecule has 2 fully saturated rings. The van der Waals surface area contributed by atoms with Gasteiger partial charge in [-0.1, -0.05) is 19.3 Å². The van der Waals surface area contributed by atoms with Crippen molar-refractivity contribution in [1.82, 2.24) is 4.57 Å². The van der Waals surface area contributed by atoms with Crippen LogP contribution >= 0.6 is 0 Å². The minimum atomic E-state index is 0.0490. The molecule has 0 spiro atoms. The Balaban J connectivity index is 1.80. The van der Waals surface area contributed by atoms with E-state index in [2.05, 4.69) is 22.9 Å². The summed E-state index contributed by atoms with van der Waals surface area (Å²) in [4.78, 5) is 14.1. The van der Waals surface area contributed by atoms with Gasteiger partial charge in [0.2, 0.25) is 0 Å². The van der Waals surface area contributed by atoms with Crippen molar-refractivity contribution < 1.29 is 9.69 Å². The third-order valence-corrected chi connectivity index (χ3v) is 6.29. The third-order valence-electron chi connectivity index (χ3n) is 6.29. The average molecular weight is 358 g/mol. The van der Waals surface area contributed by atoms with E-state index in [0.717, 1.165) is 43.0 Å². The molecule has 0 bridgehead atoms. The van der Waals surface area contributed by atoms with Gasteiger partial charge in [-0.15, -0.1) is 0 Å². The fraction of sp³-hybridized carbons (Fsp3) is 0.714. The molecule has 1 aromatic heterocycles. The standard InChI is InChI=1S/C21H32N4O/c1-16-17(2)25(18-10-6-5-7-11-18)21(19(16)14-22)23-20(26)15-24-12-8-3-4-9-13-24/h18H,3-13,15H2,1-2H3,(H,23,26)/p+1. The summed E-state index contributed by atoms with van der Waals surface area (Å²) in [5.41, 5.74) is 2.79. The molecule has 142 valence electrons. The van der Waals surface area contributed by atoms with Crippen molar-refractivity contribution in [3.8, 4) is 6.07 Å². The van der Waals surface area contributed by atoms with Crippen LogP contribution in [0.15, 0.2) is 0 Å². The summed E-state index contributed by atoms with van der Waals surface area (Å²) in [5, 5.41) is 12.8. The molecule has 2 N–H and O–H groups in total. The molecule has 1 amide bonds. The van der Waals surface area contributed by atoms with Crippen molar-refractivity contribution in [2.45, 2.75) is 77.7 Å². The molecule has 1 aliphatic heterocycles. The van der Waals surface area contributed by atoms with Gasteiger partial charge in [0.15, 0.2) is 6.54 Å². The predicted molar refractivity (Wildman–Crippen MR) is 103 cm³/mol. The Hall–Kier alpha value is -1.80. The molecule has 0 atom stereocenters. The van der Waals surface area contributed by atoms with Crippen molar-refractivity contribution in [1.29, 1.82) is 5.26 Å². The van der Waals surface area contributed by atoms with E-state index in [-0.39, 0.29) is 5.91 Å². The van der Waals surface area contributed by atoms with Crippen molar-refractivity contribution in [3.05, 3.63) is 16.8 Å². The molecular formula is C21H33N4O+. The summed E-state index contributed by atoms with van der Waals surface area (Å²) in [7, 11) is 0. The van der Waals surface area contributed by atoms with Gasteiger partial charge in [-0.25, -0.2) is 0 Å². The molecule has 0 aromatic carbocycles. The van der Waals surface area contributed by atoms with Crippen molar-refractivity contribution in [3.63, 3.8) is 0 Å². The first-order valence-electron chi connectivity index (χ1n) is 10.4. The van der Waals surface area contributed by atoms with E-state index < -0.39 is 0 Å². The lowest BCUT2D eigenvalue weighted by atomic mass is 9.95. The van der Waals surface area contributed by atoms with Gasteiger partial charge < -0.3 is 14.8 Å². The highest BCUT2D eigenvalue weighted by atomic mass is 16.2. The molecule has 5 heteroatoms. The number of amides is 1. The maximum absolute atomic E-state index is 12.8. The molecule has 0 unspecified atom stereocenters. The Bertz CT molecular complexity index is 671. The highest BCUT2D eigenvalue weighted by Crippen LogP contribution is 2.36. The van der Waals surface area contributed by atoms with E-state index >= 15 is 0 Å². The Morgan fingerprint density at radius 1 is 1.12 bits per heavy atom. The molecule has 3 rings (SSSR count). The molecule has 5 nitrogen and oxygen atoms in total. The van der Waals surface area contributed by atoms with Crippen LogP contribution < -0.4 is 10.2 Å². The van der Waals surface area contributed by atoms with Gasteiger partial charge >= 0.3 is 0 Å². The summed E-state index contributed by atoms with van der Waals surface area (Å²) in [6.45, 7) is 6.77.